The first-order chi connectivity index (χ1) is 7.61. The van der Waals surface area contributed by atoms with Gasteiger partial charge in [-0.25, -0.2) is 0 Å². The van der Waals surface area contributed by atoms with Crippen LogP contribution in [0, 0.1) is 0 Å². The quantitative estimate of drug-likeness (QED) is 0.517. The van der Waals surface area contributed by atoms with Crippen LogP contribution in [-0.2, 0) is 0 Å². The van der Waals surface area contributed by atoms with Gasteiger partial charge in [-0.05, 0) is 18.9 Å². The van der Waals surface area contributed by atoms with Crippen LogP contribution in [-0.4, -0.2) is 27.5 Å². The third-order valence-electron chi connectivity index (χ3n) is 1.93. The highest BCUT2D eigenvalue weighted by atomic mass is 32.1. The second-order valence-electron chi connectivity index (χ2n) is 3.22. The lowest BCUT2D eigenvalue weighted by Gasteiger charge is -2.05. The Bertz CT molecular complexity index is 395. The molecule has 0 saturated heterocycles. The predicted octanol–water partition coefficient (Wildman–Crippen LogP) is 0.583. The summed E-state index contributed by atoms with van der Waals surface area (Å²) in [5.74, 6) is -0.461. The van der Waals surface area contributed by atoms with E-state index in [1.165, 1.54) is 18.5 Å². The van der Waals surface area contributed by atoms with E-state index in [0.717, 1.165) is 0 Å². The first-order valence-electron chi connectivity index (χ1n) is 4.80. The zero-order chi connectivity index (χ0) is 12.0. The number of aromatic nitrogens is 1. The van der Waals surface area contributed by atoms with E-state index in [0.29, 0.717) is 24.4 Å². The normalized spacial score (nSPS) is 9.75. The second-order valence-corrected chi connectivity index (χ2v) is 3.74. The van der Waals surface area contributed by atoms with Crippen LogP contribution in [0.1, 0.15) is 23.2 Å². The lowest BCUT2D eigenvalue weighted by atomic mass is 10.2. The summed E-state index contributed by atoms with van der Waals surface area (Å²) in [5, 5.41) is 12.0. The predicted molar refractivity (Wildman–Crippen MR) is 64.3 cm³/mol. The number of nitrogens with one attached hydrogen (secondary N) is 1. The van der Waals surface area contributed by atoms with Crippen LogP contribution in [0.3, 0.4) is 0 Å². The molecule has 0 aliphatic carbocycles. The van der Waals surface area contributed by atoms with Crippen molar-refractivity contribution in [1.29, 1.82) is 0 Å². The Labute approximate surface area is 98.7 Å². The fourth-order valence-electron chi connectivity index (χ4n) is 1.14. The van der Waals surface area contributed by atoms with E-state index in [4.69, 9.17) is 18.0 Å². The Morgan fingerprint density at radius 3 is 3.00 bits per heavy atom. The number of thiocarbonyl (C=S) groups is 1. The number of amides is 1. The Balaban J connectivity index is 2.41. The van der Waals surface area contributed by atoms with Crippen molar-refractivity contribution >= 4 is 23.1 Å². The summed E-state index contributed by atoms with van der Waals surface area (Å²) in [6, 6.07) is 1.46. The number of nitrogens with zero attached hydrogens (tertiary/aromatic N) is 1. The van der Waals surface area contributed by atoms with Gasteiger partial charge in [0.1, 0.15) is 5.75 Å². The van der Waals surface area contributed by atoms with Crippen molar-refractivity contribution in [3.63, 3.8) is 0 Å². The molecule has 6 heteroatoms. The van der Waals surface area contributed by atoms with Crippen LogP contribution in [0.2, 0.25) is 0 Å². The van der Waals surface area contributed by atoms with Crippen molar-refractivity contribution in [3.8, 4) is 5.75 Å². The SMILES string of the molecule is NC(=S)CCCNC(=O)c1ccncc1O. The van der Waals surface area contributed by atoms with Crippen molar-refractivity contribution in [2.45, 2.75) is 12.8 Å². The van der Waals surface area contributed by atoms with Gasteiger partial charge in [-0.2, -0.15) is 0 Å². The summed E-state index contributed by atoms with van der Waals surface area (Å²) in [5.41, 5.74) is 5.53. The molecule has 5 nitrogen and oxygen atoms in total. The van der Waals surface area contributed by atoms with E-state index in [1.54, 1.807) is 0 Å². The monoisotopic (exact) mass is 239 g/mol. The van der Waals surface area contributed by atoms with Crippen molar-refractivity contribution in [2.24, 2.45) is 5.73 Å². The molecule has 0 aliphatic heterocycles. The highest BCUT2D eigenvalue weighted by Gasteiger charge is 2.09. The molecule has 1 heterocycles. The molecular formula is C10H13N3O2S. The minimum Gasteiger partial charge on any atom is -0.505 e. The van der Waals surface area contributed by atoms with Crippen molar-refractivity contribution < 1.29 is 9.90 Å². The molecule has 0 atom stereocenters. The van der Waals surface area contributed by atoms with Crippen molar-refractivity contribution in [1.82, 2.24) is 10.3 Å². The molecule has 1 amide bonds. The average Bonchev–Trinajstić information content (AvgIpc) is 2.24. The molecule has 4 N–H and O–H groups in total. The van der Waals surface area contributed by atoms with Crippen molar-refractivity contribution in [2.75, 3.05) is 6.54 Å². The maximum Gasteiger partial charge on any atom is 0.255 e. The van der Waals surface area contributed by atoms with Crippen LogP contribution in [0.5, 0.6) is 5.75 Å². The van der Waals surface area contributed by atoms with Gasteiger partial charge < -0.3 is 16.2 Å². The Hall–Kier alpha value is -1.69. The second kappa shape index (κ2) is 6.02. The molecule has 0 fully saturated rings. The maximum absolute atomic E-state index is 11.5. The van der Waals surface area contributed by atoms with Gasteiger partial charge in [0.15, 0.2) is 0 Å². The first-order valence-corrected chi connectivity index (χ1v) is 5.21. The number of pyridine rings is 1. The van der Waals surface area contributed by atoms with Gasteiger partial charge in [-0.15, -0.1) is 0 Å². The molecule has 0 aromatic carbocycles. The van der Waals surface area contributed by atoms with E-state index < -0.39 is 0 Å². The average molecular weight is 239 g/mol. The topological polar surface area (TPSA) is 88.2 Å². The van der Waals surface area contributed by atoms with Gasteiger partial charge >= 0.3 is 0 Å². The molecule has 0 spiro atoms. The summed E-state index contributed by atoms with van der Waals surface area (Å²) >= 11 is 4.71. The summed E-state index contributed by atoms with van der Waals surface area (Å²) in [6.07, 6.45) is 3.96. The maximum atomic E-state index is 11.5. The van der Waals surface area contributed by atoms with Gasteiger partial charge in [-0.1, -0.05) is 12.2 Å². The van der Waals surface area contributed by atoms with Gasteiger partial charge in [0.25, 0.3) is 5.91 Å². The lowest BCUT2D eigenvalue weighted by Crippen LogP contribution is -2.25. The highest BCUT2D eigenvalue weighted by molar-refractivity contribution is 7.80. The molecule has 0 saturated carbocycles. The van der Waals surface area contributed by atoms with Gasteiger partial charge in [0.2, 0.25) is 0 Å². The van der Waals surface area contributed by atoms with Crippen LogP contribution >= 0.6 is 12.2 Å². The molecule has 86 valence electrons. The Kier molecular flexibility index (Phi) is 4.65. The zero-order valence-electron chi connectivity index (χ0n) is 8.64. The largest absolute Gasteiger partial charge is 0.505 e. The summed E-state index contributed by atoms with van der Waals surface area (Å²) in [7, 11) is 0. The fourth-order valence-corrected chi connectivity index (χ4v) is 1.28. The number of aromatic hydroxyl groups is 1. The van der Waals surface area contributed by atoms with E-state index in [-0.39, 0.29) is 17.2 Å². The number of hydrogen-bond acceptors (Lipinski definition) is 4. The Morgan fingerprint density at radius 1 is 1.62 bits per heavy atom. The number of nitrogens with two attached hydrogens (primary N) is 1. The van der Waals surface area contributed by atoms with E-state index in [1.807, 2.05) is 0 Å². The van der Waals surface area contributed by atoms with Gasteiger partial charge in [-0.3, -0.25) is 9.78 Å². The highest BCUT2D eigenvalue weighted by Crippen LogP contribution is 2.13. The molecule has 0 aliphatic rings. The van der Waals surface area contributed by atoms with Crippen LogP contribution < -0.4 is 11.1 Å². The fraction of sp³-hybridized carbons (Fsp3) is 0.300. The number of carbonyl (C=O) groups is 1. The minimum absolute atomic E-state index is 0.130. The van der Waals surface area contributed by atoms with Crippen molar-refractivity contribution in [3.05, 3.63) is 24.0 Å². The van der Waals surface area contributed by atoms with E-state index in [9.17, 15) is 9.90 Å². The smallest absolute Gasteiger partial charge is 0.255 e. The van der Waals surface area contributed by atoms with Crippen LogP contribution in [0.25, 0.3) is 0 Å². The summed E-state index contributed by atoms with van der Waals surface area (Å²) < 4.78 is 0. The summed E-state index contributed by atoms with van der Waals surface area (Å²) in [4.78, 5) is 15.7. The Morgan fingerprint density at radius 2 is 2.38 bits per heavy atom. The van der Waals surface area contributed by atoms with Crippen LogP contribution in [0.15, 0.2) is 18.5 Å². The van der Waals surface area contributed by atoms with Gasteiger partial charge in [0, 0.05) is 12.7 Å². The van der Waals surface area contributed by atoms with E-state index >= 15 is 0 Å². The number of carbonyl (C=O) groups excluding carboxylic acids is 1. The standard InChI is InChI=1S/C10H13N3O2S/c11-9(16)2-1-4-13-10(15)7-3-5-12-6-8(7)14/h3,5-6,14H,1-2,4H2,(H2,11,16)(H,13,15). The molecule has 0 bridgehead atoms. The molecule has 0 radical (unpaired) electrons. The number of rotatable bonds is 5. The molecule has 1 rings (SSSR count). The molecule has 16 heavy (non-hydrogen) atoms. The van der Waals surface area contributed by atoms with Gasteiger partial charge in [0.05, 0.1) is 16.7 Å². The molecule has 1 aromatic rings. The zero-order valence-corrected chi connectivity index (χ0v) is 9.46. The molecule has 0 unspecified atom stereocenters. The number of hydrogen-bond donors (Lipinski definition) is 3. The third kappa shape index (κ3) is 3.82. The van der Waals surface area contributed by atoms with Crippen LogP contribution in [0.4, 0.5) is 0 Å². The minimum atomic E-state index is -0.331. The molecule has 1 aromatic heterocycles. The summed E-state index contributed by atoms with van der Waals surface area (Å²) in [6.45, 7) is 0.470. The third-order valence-corrected chi connectivity index (χ3v) is 2.13. The first kappa shape index (κ1) is 12.4. The molecular weight excluding hydrogens is 226 g/mol. The lowest BCUT2D eigenvalue weighted by molar-refractivity contribution is 0.0950. The van der Waals surface area contributed by atoms with E-state index in [2.05, 4.69) is 10.3 Å².